The van der Waals surface area contributed by atoms with Crippen molar-refractivity contribution in [1.82, 2.24) is 19.7 Å². The number of rotatable bonds is 9. The summed E-state index contributed by atoms with van der Waals surface area (Å²) in [4.78, 5) is 22.4. The predicted molar refractivity (Wildman–Crippen MR) is 113 cm³/mol. The van der Waals surface area contributed by atoms with Crippen LogP contribution in [0.3, 0.4) is 0 Å². The Labute approximate surface area is 186 Å². The van der Waals surface area contributed by atoms with Crippen molar-refractivity contribution < 1.29 is 17.9 Å². The van der Waals surface area contributed by atoms with Gasteiger partial charge >= 0.3 is 11.8 Å². The van der Waals surface area contributed by atoms with E-state index in [0.717, 1.165) is 21.7 Å². The van der Waals surface area contributed by atoms with E-state index in [1.807, 2.05) is 6.92 Å². The van der Waals surface area contributed by atoms with Gasteiger partial charge in [-0.3, -0.25) is 4.57 Å². The third-order valence-electron chi connectivity index (χ3n) is 3.26. The lowest BCUT2D eigenvalue weighted by atomic mass is 10.4. The van der Waals surface area contributed by atoms with Gasteiger partial charge < -0.3 is 14.4 Å². The van der Waals surface area contributed by atoms with Crippen molar-refractivity contribution in [2.45, 2.75) is 43.1 Å². The van der Waals surface area contributed by atoms with Gasteiger partial charge in [-0.05, 0) is 19.6 Å². The fraction of sp³-hybridized carbons (Fsp3) is 0.467. The van der Waals surface area contributed by atoms with Gasteiger partial charge in [-0.25, -0.2) is 18.4 Å². The number of thioether (sulfide) groups is 1. The SMILES string of the molecule is [C-]#[N+]c1nc(C(N=Nc2nnc(SCC)s2)S(N)(=O)=O)n(CC(=O)OC(C)C)c1[N+]#[C-]. The van der Waals surface area contributed by atoms with E-state index in [2.05, 4.69) is 35.1 Å². The van der Waals surface area contributed by atoms with Gasteiger partial charge in [-0.15, -0.1) is 15.3 Å². The number of carbonyl (C=O) groups is 1. The van der Waals surface area contributed by atoms with Crippen LogP contribution < -0.4 is 5.14 Å². The molecule has 13 nitrogen and oxygen atoms in total. The minimum Gasteiger partial charge on any atom is -0.460 e. The van der Waals surface area contributed by atoms with Crippen molar-refractivity contribution in [2.75, 3.05) is 5.75 Å². The van der Waals surface area contributed by atoms with E-state index in [1.165, 1.54) is 11.8 Å². The molecule has 164 valence electrons. The predicted octanol–water partition coefficient (Wildman–Crippen LogP) is 2.97. The maximum atomic E-state index is 12.2. The molecule has 0 aliphatic carbocycles. The molecule has 2 N–H and O–H groups in total. The number of esters is 1. The van der Waals surface area contributed by atoms with E-state index < -0.39 is 45.7 Å². The largest absolute Gasteiger partial charge is 0.460 e. The third-order valence-corrected chi connectivity index (χ3v) is 6.01. The molecule has 0 bridgehead atoms. The molecule has 1 atom stereocenters. The molecule has 0 aliphatic rings. The molecule has 0 saturated carbocycles. The van der Waals surface area contributed by atoms with Crippen LogP contribution in [0.4, 0.5) is 16.8 Å². The number of hydrogen-bond acceptors (Lipinski definition) is 11. The average Bonchev–Trinajstić information content (AvgIpc) is 3.25. The summed E-state index contributed by atoms with van der Waals surface area (Å²) in [7, 11) is -4.44. The van der Waals surface area contributed by atoms with Crippen LogP contribution in [0.1, 0.15) is 32.0 Å². The van der Waals surface area contributed by atoms with Crippen molar-refractivity contribution in [3.8, 4) is 0 Å². The van der Waals surface area contributed by atoms with E-state index in [1.54, 1.807) is 13.8 Å². The molecule has 0 radical (unpaired) electrons. The maximum absolute atomic E-state index is 12.2. The van der Waals surface area contributed by atoms with Crippen molar-refractivity contribution in [3.05, 3.63) is 28.7 Å². The highest BCUT2D eigenvalue weighted by molar-refractivity contribution is 8.01. The minimum absolute atomic E-state index is 0.0812. The number of ether oxygens (including phenoxy) is 1. The molecule has 0 spiro atoms. The van der Waals surface area contributed by atoms with Gasteiger partial charge in [0.1, 0.15) is 0 Å². The van der Waals surface area contributed by atoms with E-state index in [9.17, 15) is 13.2 Å². The Morgan fingerprint density at radius 3 is 2.61 bits per heavy atom. The lowest BCUT2D eigenvalue weighted by Crippen LogP contribution is -2.25. The highest BCUT2D eigenvalue weighted by Gasteiger charge is 2.38. The number of nitrogens with two attached hydrogens (primary N) is 1. The van der Waals surface area contributed by atoms with Gasteiger partial charge in [-0.1, -0.05) is 48.2 Å². The highest BCUT2D eigenvalue weighted by atomic mass is 32.2. The number of imidazole rings is 1. The van der Waals surface area contributed by atoms with Crippen molar-refractivity contribution >= 4 is 55.9 Å². The monoisotopic (exact) mass is 483 g/mol. The fourth-order valence-electron chi connectivity index (χ4n) is 2.20. The van der Waals surface area contributed by atoms with Gasteiger partial charge in [0, 0.05) is 0 Å². The number of azo groups is 1. The first kappa shape index (κ1) is 24.4. The average molecular weight is 484 g/mol. The van der Waals surface area contributed by atoms with Crippen LogP contribution in [-0.4, -0.2) is 46.0 Å². The van der Waals surface area contributed by atoms with Gasteiger partial charge in [0.25, 0.3) is 22.1 Å². The molecule has 31 heavy (non-hydrogen) atoms. The first-order chi connectivity index (χ1) is 14.6. The van der Waals surface area contributed by atoms with E-state index in [0.29, 0.717) is 4.34 Å². The Bertz CT molecular complexity index is 1170. The van der Waals surface area contributed by atoms with Gasteiger partial charge in [0.15, 0.2) is 10.9 Å². The zero-order valence-electron chi connectivity index (χ0n) is 16.6. The first-order valence-electron chi connectivity index (χ1n) is 8.54. The molecule has 0 saturated heterocycles. The molecule has 2 aromatic rings. The van der Waals surface area contributed by atoms with E-state index in [-0.39, 0.29) is 10.9 Å². The third kappa shape index (κ3) is 6.28. The Kier molecular flexibility index (Phi) is 8.17. The summed E-state index contributed by atoms with van der Waals surface area (Å²) in [6, 6.07) is 0. The van der Waals surface area contributed by atoms with Crippen molar-refractivity contribution in [2.24, 2.45) is 15.4 Å². The molecular weight excluding hydrogens is 466 g/mol. The molecule has 2 heterocycles. The Morgan fingerprint density at radius 2 is 2.06 bits per heavy atom. The first-order valence-corrected chi connectivity index (χ1v) is 11.9. The van der Waals surface area contributed by atoms with Gasteiger partial charge in [0.2, 0.25) is 10.0 Å². The molecule has 0 amide bonds. The lowest BCUT2D eigenvalue weighted by Gasteiger charge is -2.10. The minimum atomic E-state index is -4.44. The normalized spacial score (nSPS) is 12.6. The van der Waals surface area contributed by atoms with Crippen LogP contribution in [0.25, 0.3) is 9.69 Å². The maximum Gasteiger partial charge on any atom is 0.347 e. The zero-order chi connectivity index (χ0) is 23.2. The summed E-state index contributed by atoms with van der Waals surface area (Å²) in [6.45, 7) is 19.1. The summed E-state index contributed by atoms with van der Waals surface area (Å²) in [5.41, 5.74) is 0. The van der Waals surface area contributed by atoms with E-state index in [4.69, 9.17) is 23.0 Å². The second-order valence-electron chi connectivity index (χ2n) is 5.91. The van der Waals surface area contributed by atoms with Crippen LogP contribution in [0, 0.1) is 13.1 Å². The molecule has 16 heteroatoms. The zero-order valence-corrected chi connectivity index (χ0v) is 19.0. The Balaban J connectivity index is 2.54. The van der Waals surface area contributed by atoms with Crippen molar-refractivity contribution in [3.63, 3.8) is 0 Å². The van der Waals surface area contributed by atoms with Crippen LogP contribution in [0.15, 0.2) is 14.6 Å². The second-order valence-corrected chi connectivity index (χ2v) is 10.00. The Hall–Kier alpha value is -2.92. The summed E-state index contributed by atoms with van der Waals surface area (Å²) < 4.78 is 31.1. The summed E-state index contributed by atoms with van der Waals surface area (Å²) in [5, 5.41) is 18.7. The fourth-order valence-corrected chi connectivity index (χ4v) is 4.42. The standard InChI is InChI=1S/C15H17N9O4S3/c1-6-29-15-23-22-14(30-15)21-20-13(31(16,26)27)12-19-10(17-4)11(18-5)24(12)7-9(25)28-8(2)3/h8,13H,6-7H2,1-3H3,(H2,16,26,27). The van der Waals surface area contributed by atoms with Gasteiger partial charge in [0.05, 0.1) is 6.10 Å². The van der Waals surface area contributed by atoms with Gasteiger partial charge in [-0.2, -0.15) is 5.11 Å². The molecule has 2 aromatic heterocycles. The smallest absolute Gasteiger partial charge is 0.347 e. The van der Waals surface area contributed by atoms with Crippen LogP contribution in [0.2, 0.25) is 0 Å². The Morgan fingerprint density at radius 1 is 1.35 bits per heavy atom. The summed E-state index contributed by atoms with van der Waals surface area (Å²) >= 11 is 2.51. The molecule has 2 rings (SSSR count). The van der Waals surface area contributed by atoms with E-state index >= 15 is 0 Å². The lowest BCUT2D eigenvalue weighted by molar-refractivity contribution is -0.148. The number of aromatic nitrogens is 4. The number of carbonyl (C=O) groups excluding carboxylic acids is 1. The summed E-state index contributed by atoms with van der Waals surface area (Å²) in [5.74, 6) is -1.15. The van der Waals surface area contributed by atoms with Crippen molar-refractivity contribution in [1.29, 1.82) is 0 Å². The molecular formula is C15H17N9O4S3. The van der Waals surface area contributed by atoms with Crippen LogP contribution in [0.5, 0.6) is 0 Å². The molecule has 0 aliphatic heterocycles. The number of primary sulfonamides is 1. The highest BCUT2D eigenvalue weighted by Crippen LogP contribution is 2.35. The molecule has 1 unspecified atom stereocenters. The quantitative estimate of drug-likeness (QED) is 0.246. The number of nitrogens with zero attached hydrogens (tertiary/aromatic N) is 8. The molecule has 0 aromatic carbocycles. The topological polar surface area (TPSA) is 164 Å². The second kappa shape index (κ2) is 10.4. The number of hydrogen-bond donors (Lipinski definition) is 1. The summed E-state index contributed by atoms with van der Waals surface area (Å²) in [6.07, 6.45) is -0.447. The van der Waals surface area contributed by atoms with Crippen LogP contribution >= 0.6 is 23.1 Å². The van der Waals surface area contributed by atoms with Crippen LogP contribution in [-0.2, 0) is 26.1 Å². The molecule has 0 fully saturated rings. The number of sulfonamides is 1.